The van der Waals surface area contributed by atoms with Crippen LogP contribution in [0.5, 0.6) is 0 Å². The zero-order valence-electron chi connectivity index (χ0n) is 3.29. The smallest absolute Gasteiger partial charge is 0.291 e. The average molecular weight is 113 g/mol. The molecule has 0 aliphatic rings. The Kier molecular flexibility index (Phi) is 24.5. The molecule has 0 saturated carbocycles. The van der Waals surface area contributed by atoms with Gasteiger partial charge >= 0.3 is 0 Å². The predicted molar refractivity (Wildman–Crippen MR) is 20.3 cm³/mol. The average Bonchev–Trinajstić information content (AvgIpc) is 0.811. The largest absolute Gasteiger partial charge is 0.328 e. The standard InChI is InChI=1S/B.K.HNO3/c;;2-1(3)4/h;;(H,2,3,4). The molecule has 6 heavy (non-hydrogen) atoms. The van der Waals surface area contributed by atoms with Crippen LogP contribution in [-0.2, 0) is 0 Å². The van der Waals surface area contributed by atoms with Gasteiger partial charge in [-0.05, 0) is 0 Å². The SMILES string of the molecule is O=[N+]([O-])O.[B].[K]. The molecule has 0 amide bonds. The molecule has 0 aromatic rings. The summed E-state index contributed by atoms with van der Waals surface area (Å²) in [6.07, 6.45) is 0. The van der Waals surface area contributed by atoms with Gasteiger partial charge in [-0.1, -0.05) is 0 Å². The first-order chi connectivity index (χ1) is 1.73. The van der Waals surface area contributed by atoms with E-state index in [9.17, 15) is 0 Å². The van der Waals surface area contributed by atoms with E-state index in [0.29, 0.717) is 0 Å². The molecule has 28 valence electrons. The third-order valence-corrected chi connectivity index (χ3v) is 0. The molecule has 0 aliphatic heterocycles. The minimum Gasteiger partial charge on any atom is -0.328 e. The molecule has 0 aliphatic carbocycles. The van der Waals surface area contributed by atoms with E-state index in [-0.39, 0.29) is 59.8 Å². The summed E-state index contributed by atoms with van der Waals surface area (Å²) >= 11 is 0. The Bertz CT molecular complexity index is 33.8. The van der Waals surface area contributed by atoms with Crippen LogP contribution in [0.15, 0.2) is 0 Å². The third-order valence-electron chi connectivity index (χ3n) is 0. The topological polar surface area (TPSA) is 63.4 Å². The maximum atomic E-state index is 8.36. The van der Waals surface area contributed by atoms with Crippen molar-refractivity contribution in [3.63, 3.8) is 0 Å². The van der Waals surface area contributed by atoms with Crippen molar-refractivity contribution in [3.05, 3.63) is 10.1 Å². The van der Waals surface area contributed by atoms with Gasteiger partial charge in [-0.3, -0.25) is 0 Å². The summed E-state index contributed by atoms with van der Waals surface area (Å²) < 4.78 is 0. The first-order valence-electron chi connectivity index (χ1n) is 0.565. The molecule has 0 atom stereocenters. The molecule has 0 saturated heterocycles. The summed E-state index contributed by atoms with van der Waals surface area (Å²) in [6, 6.07) is 0. The third kappa shape index (κ3) is 91.8. The van der Waals surface area contributed by atoms with Crippen LogP contribution in [0.2, 0.25) is 0 Å². The maximum absolute atomic E-state index is 8.36. The van der Waals surface area contributed by atoms with Crippen molar-refractivity contribution in [1.29, 1.82) is 0 Å². The van der Waals surface area contributed by atoms with E-state index in [0.717, 1.165) is 0 Å². The minimum absolute atomic E-state index is 0. The molecular formula is HBKNO3. The van der Waals surface area contributed by atoms with Crippen LogP contribution in [-0.4, -0.2) is 70.1 Å². The van der Waals surface area contributed by atoms with Crippen molar-refractivity contribution in [2.24, 2.45) is 0 Å². The van der Waals surface area contributed by atoms with Crippen LogP contribution in [0.25, 0.3) is 0 Å². The van der Waals surface area contributed by atoms with Gasteiger partial charge in [-0.2, -0.15) is 0 Å². The van der Waals surface area contributed by atoms with Gasteiger partial charge in [0.2, 0.25) is 0 Å². The Labute approximate surface area is 79.0 Å². The van der Waals surface area contributed by atoms with E-state index in [1.165, 1.54) is 0 Å². The quantitative estimate of drug-likeness (QED) is 0.246. The van der Waals surface area contributed by atoms with Gasteiger partial charge in [0, 0.05) is 59.8 Å². The number of hydrogen-bond donors (Lipinski definition) is 1. The fourth-order valence-electron chi connectivity index (χ4n) is 0. The second-order valence-electron chi connectivity index (χ2n) is 0.238. The van der Waals surface area contributed by atoms with Gasteiger partial charge in [0.15, 0.2) is 0 Å². The van der Waals surface area contributed by atoms with Crippen molar-refractivity contribution in [2.75, 3.05) is 0 Å². The van der Waals surface area contributed by atoms with Crippen molar-refractivity contribution >= 4 is 59.8 Å². The van der Waals surface area contributed by atoms with Crippen LogP contribution in [0.4, 0.5) is 0 Å². The van der Waals surface area contributed by atoms with Gasteiger partial charge < -0.3 is 5.21 Å². The number of nitrogens with zero attached hydrogens (tertiary/aromatic N) is 1. The second-order valence-corrected chi connectivity index (χ2v) is 0.238. The summed E-state index contributed by atoms with van der Waals surface area (Å²) in [5.74, 6) is 0. The van der Waals surface area contributed by atoms with Gasteiger partial charge in [0.05, 0.1) is 0 Å². The Morgan fingerprint density at radius 1 is 1.67 bits per heavy atom. The Balaban J connectivity index is -0.0000000450. The number of rotatable bonds is 0. The molecule has 4 nitrogen and oxygen atoms in total. The van der Waals surface area contributed by atoms with Crippen LogP contribution in [0.3, 0.4) is 0 Å². The molecule has 6 heteroatoms. The Morgan fingerprint density at radius 3 is 1.67 bits per heavy atom. The molecule has 1 N–H and O–H groups in total. The fraction of sp³-hybridized carbons (Fsp3) is 0. The molecule has 0 rings (SSSR count). The normalized spacial score (nSPS) is 4.00. The number of hydrogen-bond acceptors (Lipinski definition) is 2. The van der Waals surface area contributed by atoms with E-state index < -0.39 is 5.09 Å². The summed E-state index contributed by atoms with van der Waals surface area (Å²) in [6.45, 7) is 0. The zero-order valence-corrected chi connectivity index (χ0v) is 6.41. The van der Waals surface area contributed by atoms with E-state index in [4.69, 9.17) is 15.3 Å². The second kappa shape index (κ2) is 9.31. The monoisotopic (exact) mass is 113 g/mol. The van der Waals surface area contributed by atoms with E-state index >= 15 is 0 Å². The van der Waals surface area contributed by atoms with Crippen LogP contribution >= 0.6 is 0 Å². The van der Waals surface area contributed by atoms with Gasteiger partial charge in [0.1, 0.15) is 0 Å². The zero-order chi connectivity index (χ0) is 3.58. The Morgan fingerprint density at radius 2 is 1.67 bits per heavy atom. The molecule has 4 radical (unpaired) electrons. The van der Waals surface area contributed by atoms with E-state index in [2.05, 4.69) is 0 Å². The molecule has 0 unspecified atom stereocenters. The first kappa shape index (κ1) is 15.8. The van der Waals surface area contributed by atoms with Crippen LogP contribution < -0.4 is 0 Å². The first-order valence-corrected chi connectivity index (χ1v) is 0.565. The predicted octanol–water partition coefficient (Wildman–Crippen LogP) is -1.11. The van der Waals surface area contributed by atoms with Crippen molar-refractivity contribution in [3.8, 4) is 0 Å². The van der Waals surface area contributed by atoms with Gasteiger partial charge in [-0.25, -0.2) is 0 Å². The summed E-state index contributed by atoms with van der Waals surface area (Å²) in [5, 5.41) is 13.6. The molecule has 0 fully saturated rings. The summed E-state index contributed by atoms with van der Waals surface area (Å²) in [4.78, 5) is 8.36. The molecule has 0 heterocycles. The molecule has 0 aromatic carbocycles. The fourth-order valence-corrected chi connectivity index (χ4v) is 0. The van der Waals surface area contributed by atoms with Crippen molar-refractivity contribution in [2.45, 2.75) is 0 Å². The molecular weight excluding hydrogens is 112 g/mol. The Hall–Kier alpha value is 0.901. The van der Waals surface area contributed by atoms with E-state index in [1.807, 2.05) is 0 Å². The molecule has 0 bridgehead atoms. The maximum Gasteiger partial charge on any atom is 0.291 e. The molecule has 0 spiro atoms. The van der Waals surface area contributed by atoms with E-state index in [1.54, 1.807) is 0 Å². The summed E-state index contributed by atoms with van der Waals surface area (Å²) in [7, 11) is 0. The minimum atomic E-state index is -1.50. The van der Waals surface area contributed by atoms with Crippen molar-refractivity contribution in [1.82, 2.24) is 0 Å². The van der Waals surface area contributed by atoms with Crippen LogP contribution in [0, 0.1) is 10.1 Å². The van der Waals surface area contributed by atoms with Crippen LogP contribution in [0.1, 0.15) is 0 Å². The molecule has 0 aromatic heterocycles. The summed E-state index contributed by atoms with van der Waals surface area (Å²) in [5.41, 5.74) is 0. The van der Waals surface area contributed by atoms with Gasteiger partial charge in [-0.15, -0.1) is 10.1 Å². The van der Waals surface area contributed by atoms with Crippen molar-refractivity contribution < 1.29 is 10.3 Å². The van der Waals surface area contributed by atoms with Gasteiger partial charge in [0.25, 0.3) is 5.09 Å².